The van der Waals surface area contributed by atoms with Crippen LogP contribution >= 0.6 is 0 Å². The van der Waals surface area contributed by atoms with Crippen molar-refractivity contribution in [2.45, 2.75) is 112 Å². The number of pyridine rings is 1. The van der Waals surface area contributed by atoms with E-state index in [-0.39, 0.29) is 60.0 Å². The average Bonchev–Trinajstić information content (AvgIpc) is 3.28. The van der Waals surface area contributed by atoms with Crippen LogP contribution in [0.1, 0.15) is 107 Å². The first kappa shape index (κ1) is 50.4. The summed E-state index contributed by atoms with van der Waals surface area (Å²) in [6.07, 6.45) is -6.23. The first-order chi connectivity index (χ1) is 31.3. The fourth-order valence-electron chi connectivity index (χ4n) is 7.71. The molecule has 1 N–H and O–H groups in total. The van der Waals surface area contributed by atoms with Gasteiger partial charge in [0.25, 0.3) is 0 Å². The summed E-state index contributed by atoms with van der Waals surface area (Å²) < 4.78 is 100. The van der Waals surface area contributed by atoms with Gasteiger partial charge in [-0.25, -0.2) is 0 Å². The molecule has 0 saturated heterocycles. The number of aliphatic hydroxyl groups is 1. The van der Waals surface area contributed by atoms with Gasteiger partial charge in [-0.3, -0.25) is 9.78 Å². The number of aliphatic hydroxyl groups excluding tert-OH is 1. The van der Waals surface area contributed by atoms with Gasteiger partial charge in [-0.2, -0.15) is 26.3 Å². The van der Waals surface area contributed by atoms with Gasteiger partial charge >= 0.3 is 12.4 Å². The Balaban J connectivity index is 0.000000543. The number of halogens is 6. The minimum Gasteiger partial charge on any atom is -0.512 e. The predicted molar refractivity (Wildman–Crippen MR) is 253 cm³/mol. The SMILES string of the molecule is CCC(CC)C(=O)/C=C(\O)C(CC)CC.[2H]C([2H])(c1ccc(-c2ccc(-c3ccc(-c4cc(-c5[c-]c6ccccc6c(C(C)(C)C)c5)ncc4C(F)(F)F)cc3)cc2)cc1)C(C)(C)C(F)(F)F.[Ir]. The van der Waals surface area contributed by atoms with Crippen molar-refractivity contribution in [1.82, 2.24) is 4.98 Å². The van der Waals surface area contributed by atoms with E-state index < -0.39 is 29.7 Å². The number of fused-ring (bicyclic) bond motifs is 1. The largest absolute Gasteiger partial charge is 0.512 e. The van der Waals surface area contributed by atoms with E-state index >= 15 is 0 Å². The molecule has 5 aromatic carbocycles. The van der Waals surface area contributed by atoms with E-state index in [9.17, 15) is 36.2 Å². The van der Waals surface area contributed by atoms with Crippen molar-refractivity contribution in [3.05, 3.63) is 150 Å². The molecule has 0 spiro atoms. The number of rotatable bonds is 13. The maximum Gasteiger partial charge on any atom is 0.418 e. The van der Waals surface area contributed by atoms with Gasteiger partial charge in [0, 0.05) is 52.6 Å². The quantitative estimate of drug-likeness (QED) is 0.0543. The van der Waals surface area contributed by atoms with Crippen LogP contribution in [-0.4, -0.2) is 22.1 Å². The van der Waals surface area contributed by atoms with Gasteiger partial charge in [0.2, 0.25) is 0 Å². The van der Waals surface area contributed by atoms with E-state index in [4.69, 9.17) is 2.74 Å². The summed E-state index contributed by atoms with van der Waals surface area (Å²) in [6, 6.07) is 34.7. The Bertz CT molecular complexity index is 2660. The van der Waals surface area contributed by atoms with E-state index in [1.807, 2.05) is 82.3 Å². The molecule has 0 saturated carbocycles. The zero-order chi connectivity index (χ0) is 49.7. The zero-order valence-electron chi connectivity index (χ0n) is 40.9. The van der Waals surface area contributed by atoms with Crippen molar-refractivity contribution in [1.29, 1.82) is 0 Å². The number of allylic oxidation sites excluding steroid dienone is 2. The van der Waals surface area contributed by atoms with E-state index in [1.54, 1.807) is 36.4 Å². The van der Waals surface area contributed by atoms with Gasteiger partial charge in [-0.1, -0.05) is 170 Å². The summed E-state index contributed by atoms with van der Waals surface area (Å²) in [6.45, 7) is 16.0. The molecule has 1 radical (unpaired) electrons. The van der Waals surface area contributed by atoms with Crippen molar-refractivity contribution in [3.8, 4) is 44.6 Å². The molecular formula is C56H60F6IrNO2-. The maximum absolute atomic E-state index is 14.3. The van der Waals surface area contributed by atoms with Gasteiger partial charge in [-0.05, 0) is 76.4 Å². The molecule has 0 aliphatic heterocycles. The van der Waals surface area contributed by atoms with E-state index in [0.717, 1.165) is 78.8 Å². The second kappa shape index (κ2) is 22.2. The Morgan fingerprint density at radius 2 is 1.15 bits per heavy atom. The normalized spacial score (nSPS) is 13.2. The molecule has 0 amide bonds. The Morgan fingerprint density at radius 1 is 0.682 bits per heavy atom. The topological polar surface area (TPSA) is 50.2 Å². The fraction of sp³-hybridized carbons (Fsp3) is 0.357. The van der Waals surface area contributed by atoms with Crippen molar-refractivity contribution in [3.63, 3.8) is 0 Å². The molecule has 3 nitrogen and oxygen atoms in total. The third-order valence-corrected chi connectivity index (χ3v) is 11.9. The van der Waals surface area contributed by atoms with Gasteiger partial charge < -0.3 is 5.11 Å². The molecule has 0 bridgehead atoms. The third kappa shape index (κ3) is 13.1. The maximum atomic E-state index is 14.3. The first-order valence-electron chi connectivity index (χ1n) is 23.1. The van der Waals surface area contributed by atoms with Gasteiger partial charge in [-0.15, -0.1) is 29.1 Å². The van der Waals surface area contributed by atoms with Crippen LogP contribution in [0.4, 0.5) is 26.3 Å². The third-order valence-electron chi connectivity index (χ3n) is 11.9. The van der Waals surface area contributed by atoms with Gasteiger partial charge in [0.1, 0.15) is 0 Å². The number of carbonyl (C=O) groups is 1. The number of carbonyl (C=O) groups excluding carboxylic acids is 1. The zero-order valence-corrected chi connectivity index (χ0v) is 41.3. The Labute approximate surface area is 403 Å². The van der Waals surface area contributed by atoms with Crippen LogP contribution in [0.5, 0.6) is 0 Å². The predicted octanol–water partition coefficient (Wildman–Crippen LogP) is 17.0. The summed E-state index contributed by atoms with van der Waals surface area (Å²) in [5.41, 5.74) is 1.70. The summed E-state index contributed by atoms with van der Waals surface area (Å²) in [7, 11) is 0. The molecule has 6 aromatic rings. The molecule has 66 heavy (non-hydrogen) atoms. The number of nitrogens with zero attached hydrogens (tertiary/aromatic N) is 1. The van der Waals surface area contributed by atoms with Crippen molar-refractivity contribution >= 4 is 16.6 Å². The van der Waals surface area contributed by atoms with Crippen molar-refractivity contribution in [2.75, 3.05) is 0 Å². The summed E-state index contributed by atoms with van der Waals surface area (Å²) >= 11 is 0. The number of hydrogen-bond acceptors (Lipinski definition) is 3. The summed E-state index contributed by atoms with van der Waals surface area (Å²) in [5.74, 6) is 0.547. The molecule has 10 heteroatoms. The van der Waals surface area contributed by atoms with Crippen LogP contribution in [-0.2, 0) is 42.9 Å². The van der Waals surface area contributed by atoms with Crippen LogP contribution in [0.15, 0.2) is 127 Å². The van der Waals surface area contributed by atoms with Crippen molar-refractivity contribution in [2.24, 2.45) is 17.3 Å². The molecule has 353 valence electrons. The molecule has 0 atom stereocenters. The van der Waals surface area contributed by atoms with Crippen LogP contribution in [0.2, 0.25) is 0 Å². The van der Waals surface area contributed by atoms with Crippen LogP contribution in [0, 0.1) is 23.3 Å². The minimum absolute atomic E-state index is 0. The molecule has 0 unspecified atom stereocenters. The number of aromatic nitrogens is 1. The number of benzene rings is 5. The molecule has 0 aliphatic rings. The molecule has 1 heterocycles. The number of alkyl halides is 6. The first-order valence-corrected chi connectivity index (χ1v) is 22.1. The number of hydrogen-bond donors (Lipinski definition) is 1. The summed E-state index contributed by atoms with van der Waals surface area (Å²) in [5, 5.41) is 11.6. The van der Waals surface area contributed by atoms with E-state index in [1.165, 1.54) is 24.3 Å². The summed E-state index contributed by atoms with van der Waals surface area (Å²) in [4.78, 5) is 16.0. The van der Waals surface area contributed by atoms with E-state index in [2.05, 4.69) is 31.8 Å². The van der Waals surface area contributed by atoms with Crippen molar-refractivity contribution < 1.29 is 59.1 Å². The second-order valence-electron chi connectivity index (χ2n) is 18.0. The van der Waals surface area contributed by atoms with E-state index in [0.29, 0.717) is 22.4 Å². The van der Waals surface area contributed by atoms with Gasteiger partial charge in [0.05, 0.1) is 16.7 Å². The van der Waals surface area contributed by atoms with Crippen LogP contribution < -0.4 is 0 Å². The Hall–Kier alpha value is -5.05. The van der Waals surface area contributed by atoms with Crippen LogP contribution in [0.25, 0.3) is 55.4 Å². The van der Waals surface area contributed by atoms with Crippen LogP contribution in [0.3, 0.4) is 0 Å². The monoisotopic (exact) mass is 1090 g/mol. The minimum atomic E-state index is -4.74. The Kier molecular flexibility index (Phi) is 16.9. The molecule has 0 aliphatic carbocycles. The smallest absolute Gasteiger partial charge is 0.418 e. The average molecular weight is 1090 g/mol. The molecule has 6 rings (SSSR count). The number of ketones is 1. The molecule has 0 fully saturated rings. The standard InChI is InChI=1S/C43H36F6N.C13H24O2.Ir/c1-40(2,3)37-23-34(22-33-8-6-7-9-35(33)37)39-24-36(38(26-50-39)42(44,45)46)32-20-18-31(19-21-32)30-16-14-29(15-17-30)28-12-10-27(11-13-28)25-41(4,5)43(47,48)49;1-5-10(6-2)12(14)9-13(15)11(7-3)8-4;/h6-21,23-24,26H,25H2,1-5H3;9-11,14H,5-8H2,1-4H3;/q-1;;/b;12-9-;/i25D2;;. The Morgan fingerprint density at radius 3 is 1.61 bits per heavy atom. The fourth-order valence-corrected chi connectivity index (χ4v) is 7.71. The van der Waals surface area contributed by atoms with Gasteiger partial charge in [0.15, 0.2) is 5.78 Å². The molecule has 1 aromatic heterocycles. The molecular weight excluding hydrogens is 1020 g/mol. The second-order valence-corrected chi connectivity index (χ2v) is 18.0.